The standard InChI is InChI=1S/C10H11N3O2/c1-6(5-11)15-9-4-7(12)2-3-8(9)10(13)14/h2-4,6H,12H2,1H3,(H2,13,14). The van der Waals surface area contributed by atoms with E-state index in [4.69, 9.17) is 21.5 Å². The molecule has 5 heteroatoms. The fourth-order valence-electron chi connectivity index (χ4n) is 1.06. The Balaban J connectivity index is 3.08. The smallest absolute Gasteiger partial charge is 0.252 e. The van der Waals surface area contributed by atoms with Gasteiger partial charge in [-0.25, -0.2) is 0 Å². The predicted molar refractivity (Wildman–Crippen MR) is 55.1 cm³/mol. The molecule has 4 N–H and O–H groups in total. The molecule has 1 aromatic rings. The van der Waals surface area contributed by atoms with Crippen molar-refractivity contribution in [2.75, 3.05) is 5.73 Å². The summed E-state index contributed by atoms with van der Waals surface area (Å²) in [5.74, 6) is -0.383. The van der Waals surface area contributed by atoms with Crippen LogP contribution in [0.2, 0.25) is 0 Å². The van der Waals surface area contributed by atoms with Gasteiger partial charge in [-0.3, -0.25) is 4.79 Å². The summed E-state index contributed by atoms with van der Waals surface area (Å²) in [5.41, 5.74) is 11.3. The minimum Gasteiger partial charge on any atom is -0.475 e. The Morgan fingerprint density at radius 2 is 2.27 bits per heavy atom. The number of primary amides is 1. The molecule has 78 valence electrons. The topological polar surface area (TPSA) is 102 Å². The van der Waals surface area contributed by atoms with Crippen molar-refractivity contribution in [1.82, 2.24) is 0 Å². The number of ether oxygens (including phenoxy) is 1. The van der Waals surface area contributed by atoms with Crippen LogP contribution in [0.4, 0.5) is 5.69 Å². The fourth-order valence-corrected chi connectivity index (χ4v) is 1.06. The van der Waals surface area contributed by atoms with Gasteiger partial charge < -0.3 is 16.2 Å². The zero-order valence-corrected chi connectivity index (χ0v) is 8.23. The van der Waals surface area contributed by atoms with Crippen LogP contribution in [0.25, 0.3) is 0 Å². The Hall–Kier alpha value is -2.22. The highest BCUT2D eigenvalue weighted by atomic mass is 16.5. The van der Waals surface area contributed by atoms with Crippen molar-refractivity contribution in [2.24, 2.45) is 5.73 Å². The largest absolute Gasteiger partial charge is 0.475 e. The van der Waals surface area contributed by atoms with E-state index in [-0.39, 0.29) is 11.3 Å². The highest BCUT2D eigenvalue weighted by molar-refractivity contribution is 5.96. The van der Waals surface area contributed by atoms with Crippen molar-refractivity contribution < 1.29 is 9.53 Å². The number of hydrogen-bond donors (Lipinski definition) is 2. The molecular weight excluding hydrogens is 194 g/mol. The second-order valence-corrected chi connectivity index (χ2v) is 3.01. The van der Waals surface area contributed by atoms with Crippen LogP contribution in [0.3, 0.4) is 0 Å². The zero-order valence-electron chi connectivity index (χ0n) is 8.23. The number of carbonyl (C=O) groups excluding carboxylic acids is 1. The zero-order chi connectivity index (χ0) is 11.4. The molecule has 1 rings (SSSR count). The van der Waals surface area contributed by atoms with Gasteiger partial charge in [-0.1, -0.05) is 0 Å². The van der Waals surface area contributed by atoms with Gasteiger partial charge in [-0.05, 0) is 19.1 Å². The minimum atomic E-state index is -0.662. The van der Waals surface area contributed by atoms with E-state index < -0.39 is 12.0 Å². The molecule has 1 aromatic carbocycles. The maximum Gasteiger partial charge on any atom is 0.252 e. The lowest BCUT2D eigenvalue weighted by Crippen LogP contribution is -2.16. The van der Waals surface area contributed by atoms with Crippen LogP contribution in [0.1, 0.15) is 17.3 Å². The van der Waals surface area contributed by atoms with Crippen LogP contribution in [-0.4, -0.2) is 12.0 Å². The Bertz CT molecular complexity index is 423. The molecule has 0 fully saturated rings. The summed E-state index contributed by atoms with van der Waals surface area (Å²) in [6, 6.07) is 6.37. The molecule has 5 nitrogen and oxygen atoms in total. The van der Waals surface area contributed by atoms with Crippen molar-refractivity contribution in [3.05, 3.63) is 23.8 Å². The molecule has 1 amide bonds. The Morgan fingerprint density at radius 3 is 2.80 bits per heavy atom. The molecule has 0 spiro atoms. The van der Waals surface area contributed by atoms with E-state index in [1.165, 1.54) is 12.1 Å². The first-order chi connectivity index (χ1) is 7.04. The molecule has 0 aliphatic heterocycles. The SMILES string of the molecule is CC(C#N)Oc1cc(N)ccc1C(N)=O. The first-order valence-electron chi connectivity index (χ1n) is 4.30. The summed E-state index contributed by atoms with van der Waals surface area (Å²) in [6.07, 6.45) is -0.662. The predicted octanol–water partition coefficient (Wildman–Crippen LogP) is 0.659. The molecule has 0 aliphatic carbocycles. The van der Waals surface area contributed by atoms with Gasteiger partial charge in [0.25, 0.3) is 5.91 Å². The molecule has 1 atom stereocenters. The van der Waals surface area contributed by atoms with E-state index in [1.54, 1.807) is 13.0 Å². The number of rotatable bonds is 3. The van der Waals surface area contributed by atoms with E-state index >= 15 is 0 Å². The molecule has 0 radical (unpaired) electrons. The fraction of sp³-hybridized carbons (Fsp3) is 0.200. The maximum atomic E-state index is 11.0. The van der Waals surface area contributed by atoms with Crippen LogP contribution in [0.15, 0.2) is 18.2 Å². The number of anilines is 1. The summed E-state index contributed by atoms with van der Waals surface area (Å²) in [7, 11) is 0. The number of nitrogens with two attached hydrogens (primary N) is 2. The van der Waals surface area contributed by atoms with Crippen LogP contribution < -0.4 is 16.2 Å². The summed E-state index contributed by atoms with van der Waals surface area (Å²) in [6.45, 7) is 1.56. The van der Waals surface area contributed by atoms with E-state index in [0.29, 0.717) is 5.69 Å². The summed E-state index contributed by atoms with van der Waals surface area (Å²) >= 11 is 0. The molecule has 0 aromatic heterocycles. The van der Waals surface area contributed by atoms with Crippen molar-refractivity contribution in [3.8, 4) is 11.8 Å². The van der Waals surface area contributed by atoms with Gasteiger partial charge in [0.2, 0.25) is 0 Å². The van der Waals surface area contributed by atoms with Gasteiger partial charge in [0.1, 0.15) is 11.8 Å². The van der Waals surface area contributed by atoms with Crippen LogP contribution >= 0.6 is 0 Å². The van der Waals surface area contributed by atoms with Crippen molar-refractivity contribution >= 4 is 11.6 Å². The minimum absolute atomic E-state index is 0.214. The number of amides is 1. The van der Waals surface area contributed by atoms with Crippen LogP contribution in [-0.2, 0) is 0 Å². The highest BCUT2D eigenvalue weighted by Gasteiger charge is 2.12. The lowest BCUT2D eigenvalue weighted by Gasteiger charge is -2.11. The van der Waals surface area contributed by atoms with Crippen molar-refractivity contribution in [1.29, 1.82) is 5.26 Å². The van der Waals surface area contributed by atoms with Gasteiger partial charge in [0, 0.05) is 11.8 Å². The molecule has 0 saturated carbocycles. The lowest BCUT2D eigenvalue weighted by atomic mass is 10.1. The molecule has 0 heterocycles. The molecule has 0 aliphatic rings. The summed E-state index contributed by atoms with van der Waals surface area (Å²) < 4.78 is 5.19. The molecule has 15 heavy (non-hydrogen) atoms. The van der Waals surface area contributed by atoms with Gasteiger partial charge in [-0.15, -0.1) is 0 Å². The maximum absolute atomic E-state index is 11.0. The van der Waals surface area contributed by atoms with E-state index in [2.05, 4.69) is 0 Å². The summed E-state index contributed by atoms with van der Waals surface area (Å²) in [5, 5.41) is 8.57. The number of benzene rings is 1. The number of nitrogen functional groups attached to an aromatic ring is 1. The second-order valence-electron chi connectivity index (χ2n) is 3.01. The average molecular weight is 205 g/mol. The average Bonchev–Trinajstić information content (AvgIpc) is 2.17. The molecule has 0 bridgehead atoms. The monoisotopic (exact) mass is 205 g/mol. The van der Waals surface area contributed by atoms with Crippen molar-refractivity contribution in [2.45, 2.75) is 13.0 Å². The number of hydrogen-bond acceptors (Lipinski definition) is 4. The van der Waals surface area contributed by atoms with E-state index in [0.717, 1.165) is 0 Å². The molecule has 0 saturated heterocycles. The van der Waals surface area contributed by atoms with Crippen LogP contribution in [0.5, 0.6) is 5.75 Å². The normalized spacial score (nSPS) is 11.5. The summed E-state index contributed by atoms with van der Waals surface area (Å²) in [4.78, 5) is 11.0. The van der Waals surface area contributed by atoms with Gasteiger partial charge in [0.05, 0.1) is 5.56 Å². The quantitative estimate of drug-likeness (QED) is 0.707. The Labute approximate surface area is 87.2 Å². The highest BCUT2D eigenvalue weighted by Crippen LogP contribution is 2.22. The lowest BCUT2D eigenvalue weighted by molar-refractivity contribution is 0.0995. The third-order valence-corrected chi connectivity index (χ3v) is 1.76. The van der Waals surface area contributed by atoms with Crippen LogP contribution in [0, 0.1) is 11.3 Å². The molecule has 1 unspecified atom stereocenters. The van der Waals surface area contributed by atoms with Crippen molar-refractivity contribution in [3.63, 3.8) is 0 Å². The second kappa shape index (κ2) is 4.33. The first kappa shape index (κ1) is 10.9. The Kier molecular flexibility index (Phi) is 3.13. The number of nitriles is 1. The third kappa shape index (κ3) is 2.61. The number of nitrogens with zero attached hydrogens (tertiary/aromatic N) is 1. The first-order valence-corrected chi connectivity index (χ1v) is 4.30. The van der Waals surface area contributed by atoms with E-state index in [9.17, 15) is 4.79 Å². The third-order valence-electron chi connectivity index (χ3n) is 1.76. The van der Waals surface area contributed by atoms with E-state index in [1.807, 2.05) is 6.07 Å². The Morgan fingerprint density at radius 1 is 1.60 bits per heavy atom. The molecular formula is C10H11N3O2. The van der Waals surface area contributed by atoms with Gasteiger partial charge in [-0.2, -0.15) is 5.26 Å². The van der Waals surface area contributed by atoms with Gasteiger partial charge >= 0.3 is 0 Å². The number of carbonyl (C=O) groups is 1. The van der Waals surface area contributed by atoms with Gasteiger partial charge in [0.15, 0.2) is 6.10 Å².